The Hall–Kier alpha value is -1.42. The van der Waals surface area contributed by atoms with Gasteiger partial charge in [-0.25, -0.2) is 4.39 Å². The van der Waals surface area contributed by atoms with Crippen LogP contribution in [0.5, 0.6) is 0 Å². The molecule has 17 heavy (non-hydrogen) atoms. The smallest absolute Gasteiger partial charge is 0.320 e. The largest absolute Gasteiger partial charge is 0.465 e. The van der Waals surface area contributed by atoms with E-state index in [1.165, 1.54) is 0 Å². The van der Waals surface area contributed by atoms with Crippen molar-refractivity contribution in [3.63, 3.8) is 0 Å². The molecule has 0 fully saturated rings. The van der Waals surface area contributed by atoms with Gasteiger partial charge in [-0.2, -0.15) is 0 Å². The van der Waals surface area contributed by atoms with Crippen LogP contribution in [-0.4, -0.2) is 37.2 Å². The zero-order chi connectivity index (χ0) is 12.5. The lowest BCUT2D eigenvalue weighted by atomic mass is 10.2. The normalized spacial score (nSPS) is 10.5. The van der Waals surface area contributed by atoms with E-state index in [-0.39, 0.29) is 19.1 Å². The first kappa shape index (κ1) is 13.6. The summed E-state index contributed by atoms with van der Waals surface area (Å²) < 4.78 is 17.2. The quantitative estimate of drug-likeness (QED) is 0.682. The van der Waals surface area contributed by atoms with E-state index in [2.05, 4.69) is 0 Å². The number of benzene rings is 1. The summed E-state index contributed by atoms with van der Waals surface area (Å²) in [5, 5.41) is 0. The number of carbonyl (C=O) groups is 1. The summed E-state index contributed by atoms with van der Waals surface area (Å²) in [5.74, 6) is -0.308. The Labute approximate surface area is 101 Å². The number of halogens is 1. The molecule has 0 aromatic heterocycles. The lowest BCUT2D eigenvalue weighted by Gasteiger charge is -2.19. The van der Waals surface area contributed by atoms with E-state index in [9.17, 15) is 9.18 Å². The molecule has 0 aliphatic rings. The predicted molar refractivity (Wildman–Crippen MR) is 64.3 cm³/mol. The maximum Gasteiger partial charge on any atom is 0.320 e. The fraction of sp³-hybridized carbons (Fsp3) is 0.462. The van der Waals surface area contributed by atoms with Gasteiger partial charge in [0.1, 0.15) is 6.67 Å². The summed E-state index contributed by atoms with van der Waals surface area (Å²) in [6.45, 7) is 2.58. The molecule has 1 rings (SSSR count). The minimum atomic E-state index is -0.466. The van der Waals surface area contributed by atoms with Gasteiger partial charge in [-0.3, -0.25) is 9.69 Å². The minimum absolute atomic E-state index is 0.132. The molecule has 0 unspecified atom stereocenters. The second-order valence-corrected chi connectivity index (χ2v) is 3.69. The molecule has 0 N–H and O–H groups in total. The molecule has 0 radical (unpaired) electrons. The Morgan fingerprint density at radius 1 is 1.35 bits per heavy atom. The van der Waals surface area contributed by atoms with Crippen molar-refractivity contribution in [3.05, 3.63) is 35.9 Å². The average molecular weight is 239 g/mol. The van der Waals surface area contributed by atoms with Crippen LogP contribution in [0.4, 0.5) is 4.39 Å². The zero-order valence-corrected chi connectivity index (χ0v) is 10.1. The molecule has 3 nitrogen and oxygen atoms in total. The zero-order valence-electron chi connectivity index (χ0n) is 10.1. The van der Waals surface area contributed by atoms with Crippen molar-refractivity contribution in [2.24, 2.45) is 0 Å². The van der Waals surface area contributed by atoms with Crippen LogP contribution < -0.4 is 0 Å². The molecule has 0 atom stereocenters. The van der Waals surface area contributed by atoms with Gasteiger partial charge in [-0.05, 0) is 12.5 Å². The summed E-state index contributed by atoms with van der Waals surface area (Å²) in [7, 11) is 0. The molecule has 0 aliphatic carbocycles. The first-order valence-electron chi connectivity index (χ1n) is 5.74. The van der Waals surface area contributed by atoms with Gasteiger partial charge in [-0.1, -0.05) is 30.3 Å². The van der Waals surface area contributed by atoms with E-state index in [1.54, 1.807) is 11.8 Å². The molecule has 4 heteroatoms. The SMILES string of the molecule is CCOC(=O)CN(CCF)Cc1ccccc1. The summed E-state index contributed by atoms with van der Waals surface area (Å²) in [6.07, 6.45) is 0. The number of hydrogen-bond acceptors (Lipinski definition) is 3. The monoisotopic (exact) mass is 239 g/mol. The Bertz CT molecular complexity index is 329. The highest BCUT2D eigenvalue weighted by atomic mass is 19.1. The van der Waals surface area contributed by atoms with Crippen LogP contribution >= 0.6 is 0 Å². The van der Waals surface area contributed by atoms with Gasteiger partial charge >= 0.3 is 5.97 Å². The molecular formula is C13H18FNO2. The van der Waals surface area contributed by atoms with Crippen molar-refractivity contribution in [2.75, 3.05) is 26.4 Å². The number of nitrogens with zero attached hydrogens (tertiary/aromatic N) is 1. The third kappa shape index (κ3) is 5.45. The second-order valence-electron chi connectivity index (χ2n) is 3.69. The molecule has 0 saturated heterocycles. The highest BCUT2D eigenvalue weighted by Crippen LogP contribution is 2.04. The van der Waals surface area contributed by atoms with Crippen molar-refractivity contribution in [3.8, 4) is 0 Å². The fourth-order valence-corrected chi connectivity index (χ4v) is 1.56. The molecule has 0 amide bonds. The molecule has 0 heterocycles. The molecule has 0 bridgehead atoms. The van der Waals surface area contributed by atoms with Gasteiger partial charge < -0.3 is 4.74 Å². The van der Waals surface area contributed by atoms with Crippen molar-refractivity contribution < 1.29 is 13.9 Å². The van der Waals surface area contributed by atoms with E-state index in [0.717, 1.165) is 5.56 Å². The Kier molecular flexibility index (Phi) is 6.25. The molecule has 0 aliphatic heterocycles. The van der Waals surface area contributed by atoms with Crippen LogP contribution in [0.1, 0.15) is 12.5 Å². The van der Waals surface area contributed by atoms with Crippen LogP contribution in [-0.2, 0) is 16.1 Å². The van der Waals surface area contributed by atoms with Gasteiger partial charge in [0.2, 0.25) is 0 Å². The van der Waals surface area contributed by atoms with E-state index in [1.807, 2.05) is 30.3 Å². The van der Waals surface area contributed by atoms with Gasteiger partial charge in [0.05, 0.1) is 13.2 Å². The summed E-state index contributed by atoms with van der Waals surface area (Å²) >= 11 is 0. The van der Waals surface area contributed by atoms with Gasteiger partial charge in [-0.15, -0.1) is 0 Å². The number of alkyl halides is 1. The van der Waals surface area contributed by atoms with E-state index in [0.29, 0.717) is 13.2 Å². The van der Waals surface area contributed by atoms with Gasteiger partial charge in [0, 0.05) is 13.1 Å². The van der Waals surface area contributed by atoms with Crippen LogP contribution in [0.25, 0.3) is 0 Å². The molecule has 0 spiro atoms. The number of esters is 1. The van der Waals surface area contributed by atoms with E-state index < -0.39 is 6.67 Å². The third-order valence-corrected chi connectivity index (χ3v) is 2.31. The van der Waals surface area contributed by atoms with Gasteiger partial charge in [0.25, 0.3) is 0 Å². The van der Waals surface area contributed by atoms with Crippen molar-refractivity contribution in [1.82, 2.24) is 4.90 Å². The summed E-state index contributed by atoms with van der Waals surface area (Å²) in [4.78, 5) is 13.1. The van der Waals surface area contributed by atoms with E-state index in [4.69, 9.17) is 4.74 Å². The van der Waals surface area contributed by atoms with Gasteiger partial charge in [0.15, 0.2) is 0 Å². The number of hydrogen-bond donors (Lipinski definition) is 0. The second kappa shape index (κ2) is 7.79. The van der Waals surface area contributed by atoms with E-state index >= 15 is 0 Å². The number of ether oxygens (including phenoxy) is 1. The lowest BCUT2D eigenvalue weighted by Crippen LogP contribution is -2.32. The Morgan fingerprint density at radius 3 is 2.65 bits per heavy atom. The Balaban J connectivity index is 2.51. The number of carbonyl (C=O) groups excluding carboxylic acids is 1. The standard InChI is InChI=1S/C13H18FNO2/c1-2-17-13(16)11-15(9-8-14)10-12-6-4-3-5-7-12/h3-7H,2,8-11H2,1H3. The molecular weight excluding hydrogens is 221 g/mol. The van der Waals surface area contributed by atoms with Crippen LogP contribution in [0, 0.1) is 0 Å². The topological polar surface area (TPSA) is 29.5 Å². The third-order valence-electron chi connectivity index (χ3n) is 2.31. The highest BCUT2D eigenvalue weighted by molar-refractivity contribution is 5.71. The molecule has 0 saturated carbocycles. The van der Waals surface area contributed by atoms with Crippen molar-refractivity contribution in [1.29, 1.82) is 0 Å². The fourth-order valence-electron chi connectivity index (χ4n) is 1.56. The molecule has 1 aromatic rings. The van der Waals surface area contributed by atoms with Crippen molar-refractivity contribution >= 4 is 5.97 Å². The minimum Gasteiger partial charge on any atom is -0.465 e. The molecule has 94 valence electrons. The molecule has 1 aromatic carbocycles. The Morgan fingerprint density at radius 2 is 2.06 bits per heavy atom. The first-order valence-corrected chi connectivity index (χ1v) is 5.74. The summed E-state index contributed by atoms with van der Waals surface area (Å²) in [5.41, 5.74) is 1.06. The number of rotatable bonds is 7. The van der Waals surface area contributed by atoms with Crippen LogP contribution in [0.2, 0.25) is 0 Å². The lowest BCUT2D eigenvalue weighted by molar-refractivity contribution is -0.144. The first-order chi connectivity index (χ1) is 8.26. The maximum atomic E-state index is 12.4. The predicted octanol–water partition coefficient (Wildman–Crippen LogP) is 2.02. The maximum absolute atomic E-state index is 12.4. The van der Waals surface area contributed by atoms with Crippen LogP contribution in [0.15, 0.2) is 30.3 Å². The summed E-state index contributed by atoms with van der Waals surface area (Å²) in [6, 6.07) is 9.68. The highest BCUT2D eigenvalue weighted by Gasteiger charge is 2.11. The average Bonchev–Trinajstić information content (AvgIpc) is 2.31. The van der Waals surface area contributed by atoms with Crippen LogP contribution in [0.3, 0.4) is 0 Å². The van der Waals surface area contributed by atoms with Crippen molar-refractivity contribution in [2.45, 2.75) is 13.5 Å².